The quantitative estimate of drug-likeness (QED) is 0.0269. The van der Waals surface area contributed by atoms with Crippen molar-refractivity contribution in [3.63, 3.8) is 0 Å². The van der Waals surface area contributed by atoms with E-state index < -0.39 is 168 Å². The molecule has 3 aliphatic carbocycles. The van der Waals surface area contributed by atoms with Crippen LogP contribution < -0.4 is 0 Å². The molecule has 804 valence electrons. The lowest BCUT2D eigenvalue weighted by Crippen LogP contribution is -2.63. The van der Waals surface area contributed by atoms with Crippen molar-refractivity contribution in [3.8, 4) is 0 Å². The molecule has 14 amide bonds. The van der Waals surface area contributed by atoms with Crippen molar-refractivity contribution in [2.75, 3.05) is 0 Å². The number of hydrogen-bond acceptors (Lipinski definition) is 28. The lowest BCUT2D eigenvalue weighted by Gasteiger charge is -2.43. The first-order valence-corrected chi connectivity index (χ1v) is 49.5. The number of halogens is 9. The van der Waals surface area contributed by atoms with Crippen molar-refractivity contribution in [1.82, 2.24) is 34.3 Å². The van der Waals surface area contributed by atoms with E-state index in [1.165, 1.54) is 33.6 Å². The predicted octanol–water partition coefficient (Wildman–Crippen LogP) is 16.0. The van der Waals surface area contributed by atoms with Crippen LogP contribution >= 0.6 is 0 Å². The predicted molar refractivity (Wildman–Crippen MR) is 484 cm³/mol. The van der Waals surface area contributed by atoms with Crippen molar-refractivity contribution in [3.05, 3.63) is 0 Å². The number of esters is 7. The Balaban J connectivity index is 0.000000346. The molecule has 7 saturated heterocycles. The molecule has 0 bridgehead atoms. The number of ether oxygens (including phenoxy) is 7. The number of rotatable bonds is 31. The van der Waals surface area contributed by atoms with Gasteiger partial charge in [0.25, 0.3) is 0 Å². The Morgan fingerprint density at radius 1 is 0.282 bits per heavy atom. The Morgan fingerprint density at radius 2 is 0.479 bits per heavy atom. The molecule has 0 aromatic rings. The van der Waals surface area contributed by atoms with Crippen molar-refractivity contribution < 1.29 is 173 Å². The molecule has 10 rings (SSSR count). The fourth-order valence-corrected chi connectivity index (χ4v) is 15.3. The topological polar surface area (TPSA) is 446 Å². The summed E-state index contributed by atoms with van der Waals surface area (Å²) in [5, 5.41) is 0. The number of imide groups is 7. The fraction of sp³-hybridized carbons (Fsp3) is 0.786. The highest BCUT2D eigenvalue weighted by Gasteiger charge is 2.65. The highest BCUT2D eigenvalue weighted by atomic mass is 19.4. The molecule has 12 atom stereocenters. The fourth-order valence-electron chi connectivity index (χ4n) is 15.3. The molecule has 12 unspecified atom stereocenters. The summed E-state index contributed by atoms with van der Waals surface area (Å²) in [7, 11) is 0. The first-order chi connectivity index (χ1) is 65.9. The normalized spacial score (nSPS) is 22.6. The zero-order chi connectivity index (χ0) is 108. The number of amides is 14. The minimum atomic E-state index is -4.79. The summed E-state index contributed by atoms with van der Waals surface area (Å²) in [6.07, 6.45) is -3.23. The van der Waals surface area contributed by atoms with E-state index in [1.807, 2.05) is 41.5 Å². The third-order valence-electron chi connectivity index (χ3n) is 27.8. The summed E-state index contributed by atoms with van der Waals surface area (Å²) in [6.45, 7) is 32.8. The largest absolute Gasteiger partial charge is 0.440 e. The van der Waals surface area contributed by atoms with Gasteiger partial charge in [-0.2, -0.15) is 39.5 Å². The molecule has 0 aromatic carbocycles. The van der Waals surface area contributed by atoms with E-state index in [1.54, 1.807) is 62.3 Å². The maximum Gasteiger partial charge on any atom is 0.402 e. The average molecular weight is 2040 g/mol. The maximum absolute atomic E-state index is 13.2. The second-order valence-electron chi connectivity index (χ2n) is 39.4. The molecule has 0 spiro atoms. The van der Waals surface area contributed by atoms with Crippen molar-refractivity contribution >= 4 is 124 Å². The van der Waals surface area contributed by atoms with Gasteiger partial charge >= 0.3 is 60.3 Å². The van der Waals surface area contributed by atoms with Crippen LogP contribution in [0.2, 0.25) is 0 Å². The third kappa shape index (κ3) is 31.1. The van der Waals surface area contributed by atoms with E-state index in [-0.39, 0.29) is 152 Å². The number of likely N-dealkylation sites (tertiary alicyclic amines) is 7. The standard InChI is InChI=1S/C16H22F3NO4.C16H25NO4.C15H23NO4.2C13H18F3NO4.C13H21NO4.C12H19NO4/c1-3-15(2,16(17,18)19)14(23)20-11(21)9-12(20)24-13(22)10-7-5-4-6-8-10;1-4-16(2,3)15(20)17-12(18)10-13(17)21-14(19)11-8-6-5-7-9-11;1-3-10(2)14(18)16-12(17)9-13(16)20-15(19)11-7-5-4-6-8-11;1-5-12(4,13(14,15)16)11(20)17-8(18)6-9(17)21-10(19)7(2)3;1-4-6-10(19)21-9-7-8(18)17(9)11(20)12(3,5-2)13(14,15)16;1-5-7-11(16)18-10-8-9(15)14(10)12(17)13(3,4)6-2;1-4-6-11(15)17-10-7-9(14)13(10)12(16)8(3)5-2/h10,12H,3-9H2,1-2H3;11,13H,4-10H2,1-3H3;10-11,13H,3-9H2,1-2H3;7,9H,5-6H2,1-4H3;9H,4-7H2,1-3H3;10H,5-8H2,1-4H3;8,10H,4-7H2,1-3H3. The summed E-state index contributed by atoms with van der Waals surface area (Å²) >= 11 is 0. The molecule has 0 aromatic heterocycles. The zero-order valence-corrected chi connectivity index (χ0v) is 85.7. The maximum atomic E-state index is 13.2. The molecule has 44 heteroatoms. The number of carbonyl (C=O) groups excluding carboxylic acids is 21. The highest BCUT2D eigenvalue weighted by Crippen LogP contribution is 2.48. The van der Waals surface area contributed by atoms with E-state index in [9.17, 15) is 140 Å². The zero-order valence-electron chi connectivity index (χ0n) is 85.7. The van der Waals surface area contributed by atoms with Crippen molar-refractivity contribution in [1.29, 1.82) is 0 Å². The van der Waals surface area contributed by atoms with Crippen LogP contribution in [0.3, 0.4) is 0 Å². The van der Waals surface area contributed by atoms with Crippen LogP contribution in [-0.2, 0) is 134 Å². The Hall–Kier alpha value is -10.4. The molecule has 142 heavy (non-hydrogen) atoms. The molecule has 3 saturated carbocycles. The molecule has 0 N–H and O–H groups in total. The minimum absolute atomic E-state index is 0.0556. The molecule has 7 aliphatic heterocycles. The van der Waals surface area contributed by atoms with E-state index in [0.29, 0.717) is 85.3 Å². The number of hydrogen-bond donors (Lipinski definition) is 0. The summed E-state index contributed by atoms with van der Waals surface area (Å²) in [5.74, 6) is -12.8. The molecule has 7 heterocycles. The van der Waals surface area contributed by atoms with Gasteiger partial charge in [-0.15, -0.1) is 0 Å². The number of alkyl halides is 9. The van der Waals surface area contributed by atoms with Gasteiger partial charge in [0.1, 0.15) is 16.2 Å². The Labute approximate surface area is 823 Å². The molecule has 10 aliphatic rings. The molecule has 35 nitrogen and oxygen atoms in total. The lowest BCUT2D eigenvalue weighted by molar-refractivity contribution is -0.235. The van der Waals surface area contributed by atoms with Crippen LogP contribution in [-0.4, -0.2) is 221 Å². The summed E-state index contributed by atoms with van der Waals surface area (Å²) in [5.41, 5.74) is -9.22. The van der Waals surface area contributed by atoms with Gasteiger partial charge < -0.3 is 33.2 Å². The van der Waals surface area contributed by atoms with Crippen LogP contribution in [0.5, 0.6) is 0 Å². The van der Waals surface area contributed by atoms with Gasteiger partial charge in [0, 0.05) is 41.9 Å². The molecule has 0 radical (unpaired) electrons. The second-order valence-corrected chi connectivity index (χ2v) is 39.4. The second kappa shape index (κ2) is 53.5. The van der Waals surface area contributed by atoms with E-state index >= 15 is 0 Å². The van der Waals surface area contributed by atoms with Crippen LogP contribution in [0, 0.1) is 62.6 Å². The molecule has 10 fully saturated rings. The number of β-lactam (4-membered cyclic amide) rings is 7. The van der Waals surface area contributed by atoms with Gasteiger partial charge in [0.2, 0.25) is 82.7 Å². The number of carbonyl (C=O) groups is 21. The van der Waals surface area contributed by atoms with E-state index in [4.69, 9.17) is 33.2 Å². The Bertz CT molecular complexity index is 4520. The van der Waals surface area contributed by atoms with Gasteiger partial charge in [-0.3, -0.25) is 101 Å². The highest BCUT2D eigenvalue weighted by molar-refractivity contribution is 6.07. The smallest absolute Gasteiger partial charge is 0.402 e. The summed E-state index contributed by atoms with van der Waals surface area (Å²) < 4.78 is 154. The van der Waals surface area contributed by atoms with Gasteiger partial charge in [-0.05, 0) is 124 Å². The van der Waals surface area contributed by atoms with Gasteiger partial charge in [-0.1, -0.05) is 182 Å². The van der Waals surface area contributed by atoms with E-state index in [2.05, 4.69) is 0 Å². The molecular formula is C98H146F9N7O28. The first-order valence-electron chi connectivity index (χ1n) is 49.5. The lowest BCUT2D eigenvalue weighted by atomic mass is 9.83. The summed E-state index contributed by atoms with van der Waals surface area (Å²) in [4.78, 5) is 253. The summed E-state index contributed by atoms with van der Waals surface area (Å²) in [6, 6.07) is 0. The van der Waals surface area contributed by atoms with Gasteiger partial charge in [0.05, 0.1) is 68.6 Å². The monoisotopic (exact) mass is 2040 g/mol. The van der Waals surface area contributed by atoms with Gasteiger partial charge in [-0.25, -0.2) is 34.3 Å². The Kier molecular flexibility index (Phi) is 46.7. The van der Waals surface area contributed by atoms with E-state index in [0.717, 1.165) is 111 Å². The SMILES string of the molecule is CCC(C)(C(=O)N1C(=O)CC1OC(=O)C(C)C)C(F)(F)F.CCC(C)(C(=O)N1C(=O)CC1OC(=O)C1CCCCC1)C(F)(F)F.CCC(C)(C)C(=O)N1C(=O)CC1OC(=O)C1CCCCC1.CCC(C)C(=O)N1C(=O)CC1OC(=O)C1CCCCC1.CCCC(=O)OC1CC(=O)N1C(=O)C(C)(C)CC.CCCC(=O)OC1CC(=O)N1C(=O)C(C)(CC)C(F)(F)F.CCCC(=O)OC1CC(=O)N1C(=O)C(C)CC. The first kappa shape index (κ1) is 124. The van der Waals surface area contributed by atoms with Crippen LogP contribution in [0.25, 0.3) is 0 Å². The van der Waals surface area contributed by atoms with Crippen molar-refractivity contribution in [2.24, 2.45) is 62.6 Å². The minimum Gasteiger partial charge on any atom is -0.440 e. The Morgan fingerprint density at radius 3 is 0.662 bits per heavy atom. The number of nitrogens with zero attached hydrogens (tertiary/aromatic N) is 7. The van der Waals surface area contributed by atoms with Crippen molar-refractivity contribution in [2.45, 2.75) is 432 Å². The average Bonchev–Trinajstić information content (AvgIpc) is 0.753. The van der Waals surface area contributed by atoms with Crippen LogP contribution in [0.1, 0.15) is 370 Å². The molecular weight excluding hydrogens is 1890 g/mol. The van der Waals surface area contributed by atoms with Gasteiger partial charge in [0.15, 0.2) is 43.6 Å². The van der Waals surface area contributed by atoms with Crippen LogP contribution in [0.15, 0.2) is 0 Å². The van der Waals surface area contributed by atoms with Crippen LogP contribution in [0.4, 0.5) is 39.5 Å². The third-order valence-corrected chi connectivity index (χ3v) is 27.8.